The van der Waals surface area contributed by atoms with Gasteiger partial charge in [-0.15, -0.1) is 0 Å². The third kappa shape index (κ3) is 2.77. The minimum Gasteiger partial charge on any atom is -0.318 e. The molecule has 0 aromatic heterocycles. The molecule has 6 heteroatoms. The maximum atomic E-state index is 14.2. The molecule has 4 aliphatic rings. The zero-order valence-corrected chi connectivity index (χ0v) is 14.9. The van der Waals surface area contributed by atoms with Gasteiger partial charge in [-0.1, -0.05) is 18.5 Å². The van der Waals surface area contributed by atoms with E-state index >= 15 is 0 Å². The van der Waals surface area contributed by atoms with Crippen molar-refractivity contribution in [3.63, 3.8) is 0 Å². The molecule has 1 aromatic rings. The van der Waals surface area contributed by atoms with E-state index in [1.54, 1.807) is 6.07 Å². The summed E-state index contributed by atoms with van der Waals surface area (Å²) in [4.78, 5) is 14.5. The fraction of sp³-hybridized carbons (Fsp3) is 0.579. The Balaban J connectivity index is 1.52. The van der Waals surface area contributed by atoms with Gasteiger partial charge in [0.15, 0.2) is 0 Å². The molecule has 1 aromatic carbocycles. The van der Waals surface area contributed by atoms with Crippen LogP contribution in [-0.2, 0) is 0 Å². The van der Waals surface area contributed by atoms with Crippen LogP contribution in [0, 0.1) is 29.0 Å². The zero-order valence-electron chi connectivity index (χ0n) is 14.1. The molecule has 2 saturated carbocycles. The minimum atomic E-state index is -0.546. The molecule has 25 heavy (non-hydrogen) atoms. The number of amides is 2. The molecule has 5 atom stereocenters. The van der Waals surface area contributed by atoms with Gasteiger partial charge in [-0.25, -0.2) is 9.18 Å². The van der Waals surface area contributed by atoms with Gasteiger partial charge in [0.1, 0.15) is 5.82 Å². The average molecular weight is 362 g/mol. The summed E-state index contributed by atoms with van der Waals surface area (Å²) >= 11 is 6.12. The number of piperidine rings is 1. The molecule has 2 amide bonds. The first kappa shape index (κ1) is 16.7. The molecule has 2 unspecified atom stereocenters. The summed E-state index contributed by atoms with van der Waals surface area (Å²) in [7, 11) is 0. The van der Waals surface area contributed by atoms with Crippen molar-refractivity contribution < 1.29 is 9.18 Å². The second-order valence-corrected chi connectivity index (χ2v) is 8.12. The molecule has 0 spiro atoms. The largest absolute Gasteiger partial charge is 0.322 e. The molecule has 1 N–H and O–H groups in total. The van der Waals surface area contributed by atoms with Gasteiger partial charge in [0.05, 0.1) is 17.0 Å². The lowest BCUT2D eigenvalue weighted by Crippen LogP contribution is -2.63. The van der Waals surface area contributed by atoms with E-state index in [0.717, 1.165) is 32.1 Å². The highest BCUT2D eigenvalue weighted by Gasteiger charge is 2.46. The molecule has 2 aliphatic heterocycles. The highest BCUT2D eigenvalue weighted by Crippen LogP contribution is 2.46. The number of carbonyl (C=O) groups excluding carboxylic acids is 1. The van der Waals surface area contributed by atoms with E-state index in [9.17, 15) is 9.18 Å². The van der Waals surface area contributed by atoms with Gasteiger partial charge in [-0.3, -0.25) is 0 Å². The number of hydrogen-bond donors (Lipinski definition) is 1. The van der Waals surface area contributed by atoms with Crippen LogP contribution in [0.15, 0.2) is 12.1 Å². The number of carbonyl (C=O) groups is 1. The number of anilines is 1. The van der Waals surface area contributed by atoms with Gasteiger partial charge in [-0.2, -0.15) is 5.26 Å². The van der Waals surface area contributed by atoms with Crippen LogP contribution in [0.5, 0.6) is 0 Å². The fourth-order valence-electron chi connectivity index (χ4n) is 4.64. The molecule has 2 saturated heterocycles. The van der Waals surface area contributed by atoms with Crippen LogP contribution in [0.2, 0.25) is 5.02 Å². The van der Waals surface area contributed by atoms with Crippen molar-refractivity contribution >= 4 is 23.3 Å². The van der Waals surface area contributed by atoms with E-state index in [1.165, 1.54) is 6.07 Å². The van der Waals surface area contributed by atoms with Crippen LogP contribution in [0.25, 0.3) is 0 Å². The number of halogens is 2. The number of nitriles is 1. The van der Waals surface area contributed by atoms with Crippen molar-refractivity contribution in [2.24, 2.45) is 11.8 Å². The van der Waals surface area contributed by atoms with Crippen LogP contribution >= 0.6 is 11.6 Å². The van der Waals surface area contributed by atoms with E-state index in [0.29, 0.717) is 29.3 Å². The number of rotatable bonds is 2. The Morgan fingerprint density at radius 2 is 2.04 bits per heavy atom. The van der Waals surface area contributed by atoms with Crippen LogP contribution in [0.3, 0.4) is 0 Å². The predicted octanol–water partition coefficient (Wildman–Crippen LogP) is 4.90. The molecule has 5 rings (SSSR count). The van der Waals surface area contributed by atoms with Crippen LogP contribution in [0.4, 0.5) is 14.9 Å². The normalized spacial score (nSPS) is 33.0. The molecular weight excluding hydrogens is 341 g/mol. The van der Waals surface area contributed by atoms with Gasteiger partial charge in [0.2, 0.25) is 0 Å². The topological polar surface area (TPSA) is 56.1 Å². The fourth-order valence-corrected chi connectivity index (χ4v) is 4.89. The molecule has 4 fully saturated rings. The zero-order chi connectivity index (χ0) is 17.7. The second-order valence-electron chi connectivity index (χ2n) is 7.74. The lowest BCUT2D eigenvalue weighted by molar-refractivity contribution is -0.00601. The lowest BCUT2D eigenvalue weighted by atomic mass is 9.71. The van der Waals surface area contributed by atoms with Crippen molar-refractivity contribution in [3.05, 3.63) is 28.5 Å². The molecule has 0 radical (unpaired) electrons. The Morgan fingerprint density at radius 1 is 1.32 bits per heavy atom. The Bertz CT molecular complexity index is 750. The Kier molecular flexibility index (Phi) is 4.11. The Hall–Kier alpha value is -1.80. The lowest BCUT2D eigenvalue weighted by Gasteiger charge is -2.54. The molecular formula is C19H21ClFN3O. The first-order chi connectivity index (χ1) is 12.0. The molecule has 132 valence electrons. The van der Waals surface area contributed by atoms with Crippen LogP contribution < -0.4 is 5.32 Å². The maximum absolute atomic E-state index is 14.2. The number of hydrogen-bond acceptors (Lipinski definition) is 2. The minimum absolute atomic E-state index is 0.0481. The maximum Gasteiger partial charge on any atom is 0.322 e. The average Bonchev–Trinajstić information content (AvgIpc) is 2.51. The van der Waals surface area contributed by atoms with Gasteiger partial charge >= 0.3 is 6.03 Å². The molecule has 2 aliphatic carbocycles. The van der Waals surface area contributed by atoms with E-state index in [1.807, 2.05) is 4.90 Å². The first-order valence-corrected chi connectivity index (χ1v) is 9.33. The smallest absolute Gasteiger partial charge is 0.318 e. The summed E-state index contributed by atoms with van der Waals surface area (Å²) in [6.07, 6.45) is 4.78. The van der Waals surface area contributed by atoms with Crippen molar-refractivity contribution in [2.45, 2.75) is 57.0 Å². The van der Waals surface area contributed by atoms with Crippen LogP contribution in [0.1, 0.15) is 50.5 Å². The summed E-state index contributed by atoms with van der Waals surface area (Å²) in [6, 6.07) is 5.70. The number of fused-ring (bicyclic) bond motifs is 2. The summed E-state index contributed by atoms with van der Waals surface area (Å²) in [5.74, 6) is -0.0587. The second kappa shape index (κ2) is 6.17. The van der Waals surface area contributed by atoms with Crippen molar-refractivity contribution in [1.29, 1.82) is 5.26 Å². The third-order valence-corrected chi connectivity index (χ3v) is 6.46. The summed E-state index contributed by atoms with van der Waals surface area (Å²) in [5.41, 5.74) is 1.05. The highest BCUT2D eigenvalue weighted by atomic mass is 35.5. The molecule has 2 bridgehead atoms. The van der Waals surface area contributed by atoms with Gasteiger partial charge in [0, 0.05) is 23.7 Å². The van der Waals surface area contributed by atoms with Crippen LogP contribution in [-0.4, -0.2) is 23.0 Å². The van der Waals surface area contributed by atoms with E-state index in [-0.39, 0.29) is 22.9 Å². The van der Waals surface area contributed by atoms with Gasteiger partial charge in [-0.05, 0) is 55.7 Å². The molecule has 4 nitrogen and oxygen atoms in total. The predicted molar refractivity (Wildman–Crippen MR) is 93.9 cm³/mol. The third-order valence-electron chi connectivity index (χ3n) is 6.06. The number of nitrogens with zero attached hydrogens (tertiary/aromatic N) is 2. The quantitative estimate of drug-likeness (QED) is 0.814. The van der Waals surface area contributed by atoms with Gasteiger partial charge in [0.25, 0.3) is 0 Å². The number of benzene rings is 1. The van der Waals surface area contributed by atoms with Crippen molar-refractivity contribution in [1.82, 2.24) is 4.90 Å². The summed E-state index contributed by atoms with van der Waals surface area (Å²) in [5, 5.41) is 12.1. The highest BCUT2D eigenvalue weighted by molar-refractivity contribution is 6.31. The van der Waals surface area contributed by atoms with Crippen molar-refractivity contribution in [3.8, 4) is 6.07 Å². The summed E-state index contributed by atoms with van der Waals surface area (Å²) in [6.45, 7) is 2.22. The van der Waals surface area contributed by atoms with Crippen molar-refractivity contribution in [2.75, 3.05) is 5.32 Å². The van der Waals surface area contributed by atoms with E-state index < -0.39 is 5.82 Å². The van der Waals surface area contributed by atoms with E-state index in [2.05, 4.69) is 18.3 Å². The number of urea groups is 1. The number of nitrogens with one attached hydrogen (secondary N) is 1. The standard InChI is InChI=1S/C19H21ClFN3O/c1-10-4-13-8-14(5-10)24(13)19(25)23-12-6-16(18(20)17(21)7-12)15-3-2-11(15)9-22/h6-7,10-11,13-15H,2-5,8H2,1H3,(H,23,25)/t10?,11-,13+,14?,15-/m0/s1. The SMILES string of the molecule is CC1CC2C[C@@H](C1)N2C(=O)Nc1cc(F)c(Cl)c([C@H]2CC[C@H]2C#N)c1. The first-order valence-electron chi connectivity index (χ1n) is 8.95. The Labute approximate surface area is 151 Å². The Morgan fingerprint density at radius 3 is 2.64 bits per heavy atom. The molecule has 2 heterocycles. The van der Waals surface area contributed by atoms with Gasteiger partial charge < -0.3 is 10.2 Å². The monoisotopic (exact) mass is 361 g/mol. The summed E-state index contributed by atoms with van der Waals surface area (Å²) < 4.78 is 14.2. The van der Waals surface area contributed by atoms with E-state index in [4.69, 9.17) is 16.9 Å².